The third-order valence-corrected chi connectivity index (χ3v) is 5.61. The molecule has 0 aliphatic carbocycles. The van der Waals surface area contributed by atoms with Crippen LogP contribution in [0, 0.1) is 6.92 Å². The highest BCUT2D eigenvalue weighted by Crippen LogP contribution is 2.39. The molecule has 3 heterocycles. The van der Waals surface area contributed by atoms with Gasteiger partial charge in [0.05, 0.1) is 28.8 Å². The number of benzene rings is 1. The van der Waals surface area contributed by atoms with E-state index < -0.39 is 0 Å². The van der Waals surface area contributed by atoms with Gasteiger partial charge in [0.15, 0.2) is 12.0 Å². The quantitative estimate of drug-likeness (QED) is 0.665. The highest BCUT2D eigenvalue weighted by atomic mass is 35.5. The van der Waals surface area contributed by atoms with Crippen molar-refractivity contribution in [1.82, 2.24) is 14.9 Å². The number of aryl methyl sites for hydroxylation is 1. The van der Waals surface area contributed by atoms with E-state index in [1.54, 1.807) is 17.9 Å². The van der Waals surface area contributed by atoms with E-state index in [0.29, 0.717) is 57.2 Å². The number of nitrogens with one attached hydrogen (secondary N) is 1. The molecule has 3 aromatic rings. The number of nitrogens with zero attached hydrogens (tertiary/aromatic N) is 2. The SMILES string of the molecule is Cc1[nH]c(=O)c(CN2CCc3c(Cl)cc(OC(C)C)c(Cl)c3C2=O)c2ocnc12. The Morgan fingerprint density at radius 1 is 1.34 bits per heavy atom. The van der Waals surface area contributed by atoms with Crippen molar-refractivity contribution in [2.24, 2.45) is 0 Å². The van der Waals surface area contributed by atoms with E-state index in [1.807, 2.05) is 13.8 Å². The summed E-state index contributed by atoms with van der Waals surface area (Å²) >= 11 is 12.9. The molecule has 1 aliphatic rings. The van der Waals surface area contributed by atoms with Crippen LogP contribution in [0.5, 0.6) is 5.75 Å². The van der Waals surface area contributed by atoms with E-state index in [1.165, 1.54) is 6.39 Å². The summed E-state index contributed by atoms with van der Waals surface area (Å²) in [5, 5.41) is 0.675. The first-order valence-corrected chi connectivity index (χ1v) is 9.95. The van der Waals surface area contributed by atoms with E-state index in [0.717, 1.165) is 0 Å². The highest BCUT2D eigenvalue weighted by Gasteiger charge is 2.32. The zero-order chi connectivity index (χ0) is 20.9. The van der Waals surface area contributed by atoms with Crippen LogP contribution in [0.1, 0.15) is 41.0 Å². The van der Waals surface area contributed by atoms with E-state index >= 15 is 0 Å². The van der Waals surface area contributed by atoms with Crippen molar-refractivity contribution in [3.63, 3.8) is 0 Å². The Morgan fingerprint density at radius 3 is 2.83 bits per heavy atom. The highest BCUT2D eigenvalue weighted by molar-refractivity contribution is 6.38. The van der Waals surface area contributed by atoms with Crippen LogP contribution in [0.3, 0.4) is 0 Å². The molecule has 1 aromatic carbocycles. The molecular weight excluding hydrogens is 417 g/mol. The van der Waals surface area contributed by atoms with Gasteiger partial charge in [-0.15, -0.1) is 0 Å². The number of carbonyl (C=O) groups is 1. The fourth-order valence-electron chi connectivity index (χ4n) is 3.57. The molecule has 7 nitrogen and oxygen atoms in total. The first-order valence-electron chi connectivity index (χ1n) is 9.19. The average molecular weight is 436 g/mol. The summed E-state index contributed by atoms with van der Waals surface area (Å²) in [6, 6.07) is 1.65. The molecular formula is C20H19Cl2N3O4. The largest absolute Gasteiger partial charge is 0.489 e. The summed E-state index contributed by atoms with van der Waals surface area (Å²) in [7, 11) is 0. The summed E-state index contributed by atoms with van der Waals surface area (Å²) in [4.78, 5) is 34.2. The molecule has 1 N–H and O–H groups in total. The lowest BCUT2D eigenvalue weighted by Gasteiger charge is -2.30. The van der Waals surface area contributed by atoms with Gasteiger partial charge >= 0.3 is 0 Å². The van der Waals surface area contributed by atoms with Gasteiger partial charge in [0.2, 0.25) is 0 Å². The minimum atomic E-state index is -0.314. The third kappa shape index (κ3) is 3.38. The number of aromatic amines is 1. The molecule has 1 aliphatic heterocycles. The lowest BCUT2D eigenvalue weighted by molar-refractivity contribution is 0.0726. The zero-order valence-corrected chi connectivity index (χ0v) is 17.6. The number of hydrogen-bond acceptors (Lipinski definition) is 5. The molecule has 9 heteroatoms. The summed E-state index contributed by atoms with van der Waals surface area (Å²) in [6.07, 6.45) is 1.68. The number of halogens is 2. The van der Waals surface area contributed by atoms with Crippen molar-refractivity contribution in [2.45, 2.75) is 39.8 Å². The smallest absolute Gasteiger partial charge is 0.257 e. The number of carbonyl (C=O) groups excluding carboxylic acids is 1. The molecule has 0 unspecified atom stereocenters. The number of aromatic nitrogens is 2. The second-order valence-electron chi connectivity index (χ2n) is 7.26. The Balaban J connectivity index is 1.74. The summed E-state index contributed by atoms with van der Waals surface area (Å²) in [6.45, 7) is 5.95. The molecule has 0 saturated carbocycles. The first kappa shape index (κ1) is 19.8. The monoisotopic (exact) mass is 435 g/mol. The van der Waals surface area contributed by atoms with E-state index in [9.17, 15) is 9.59 Å². The van der Waals surface area contributed by atoms with Gasteiger partial charge in [-0.25, -0.2) is 4.98 Å². The van der Waals surface area contributed by atoms with Gasteiger partial charge in [-0.3, -0.25) is 9.59 Å². The zero-order valence-electron chi connectivity index (χ0n) is 16.1. The van der Waals surface area contributed by atoms with Gasteiger partial charge < -0.3 is 19.0 Å². The number of pyridine rings is 1. The molecule has 152 valence electrons. The van der Waals surface area contributed by atoms with Crippen LogP contribution >= 0.6 is 23.2 Å². The maximum Gasteiger partial charge on any atom is 0.257 e. The van der Waals surface area contributed by atoms with Crippen molar-refractivity contribution < 1.29 is 13.9 Å². The molecule has 0 fully saturated rings. The fourth-order valence-corrected chi connectivity index (χ4v) is 4.16. The Kier molecular flexibility index (Phi) is 5.04. The summed E-state index contributed by atoms with van der Waals surface area (Å²) in [5.74, 6) is 0.0615. The molecule has 0 saturated heterocycles. The first-order chi connectivity index (χ1) is 13.8. The number of amides is 1. The van der Waals surface area contributed by atoms with Crippen LogP contribution in [0.25, 0.3) is 11.1 Å². The molecule has 4 rings (SSSR count). The summed E-state index contributed by atoms with van der Waals surface area (Å²) < 4.78 is 11.1. The van der Waals surface area contributed by atoms with Crippen molar-refractivity contribution in [2.75, 3.05) is 6.54 Å². The standard InChI is InChI=1S/C20H19Cl2N3O4/c1-9(2)29-14-6-13(21)11-4-5-25(20(27)15(11)16(14)22)7-12-18-17(23-8-28-18)10(3)24-19(12)26/h6,8-9H,4-5,7H2,1-3H3,(H,24,26). The molecule has 1 amide bonds. The van der Waals surface area contributed by atoms with Crippen LogP contribution in [0.2, 0.25) is 10.0 Å². The second-order valence-corrected chi connectivity index (χ2v) is 8.04. The lowest BCUT2D eigenvalue weighted by atomic mass is 9.97. The number of hydrogen-bond donors (Lipinski definition) is 1. The van der Waals surface area contributed by atoms with Gasteiger partial charge in [0.25, 0.3) is 11.5 Å². The minimum absolute atomic E-state index is 0.0722. The third-order valence-electron chi connectivity index (χ3n) is 4.90. The van der Waals surface area contributed by atoms with Gasteiger partial charge in [-0.1, -0.05) is 23.2 Å². The van der Waals surface area contributed by atoms with Crippen molar-refractivity contribution >= 4 is 40.2 Å². The number of rotatable bonds is 4. The Morgan fingerprint density at radius 2 is 2.10 bits per heavy atom. The lowest BCUT2D eigenvalue weighted by Crippen LogP contribution is -2.39. The summed E-state index contributed by atoms with van der Waals surface area (Å²) in [5.41, 5.74) is 2.60. The van der Waals surface area contributed by atoms with Gasteiger partial charge in [0.1, 0.15) is 11.3 Å². The topological polar surface area (TPSA) is 88.4 Å². The predicted octanol–water partition coefficient (Wildman–Crippen LogP) is 4.12. The number of H-pyrrole nitrogens is 1. The predicted molar refractivity (Wildman–Crippen MR) is 110 cm³/mol. The molecule has 2 aromatic heterocycles. The average Bonchev–Trinajstić information content (AvgIpc) is 3.14. The Hall–Kier alpha value is -2.51. The van der Waals surface area contributed by atoms with Gasteiger partial charge in [-0.05, 0) is 32.8 Å². The van der Waals surface area contributed by atoms with E-state index in [4.69, 9.17) is 32.4 Å². The Labute approximate surface area is 176 Å². The maximum atomic E-state index is 13.3. The maximum absolute atomic E-state index is 13.3. The van der Waals surface area contributed by atoms with Crippen molar-refractivity contribution in [3.8, 4) is 5.75 Å². The number of oxazole rings is 1. The second kappa shape index (κ2) is 7.39. The minimum Gasteiger partial charge on any atom is -0.489 e. The number of ether oxygens (including phenoxy) is 1. The van der Waals surface area contributed by atoms with Crippen LogP contribution in [0.4, 0.5) is 0 Å². The molecule has 0 atom stereocenters. The van der Waals surface area contributed by atoms with Gasteiger partial charge in [0, 0.05) is 23.3 Å². The molecule has 0 radical (unpaired) electrons. The van der Waals surface area contributed by atoms with E-state index in [2.05, 4.69) is 9.97 Å². The van der Waals surface area contributed by atoms with Crippen LogP contribution < -0.4 is 10.3 Å². The van der Waals surface area contributed by atoms with Crippen molar-refractivity contribution in [1.29, 1.82) is 0 Å². The van der Waals surface area contributed by atoms with Crippen LogP contribution in [-0.4, -0.2) is 33.4 Å². The van der Waals surface area contributed by atoms with Crippen LogP contribution in [-0.2, 0) is 13.0 Å². The van der Waals surface area contributed by atoms with Gasteiger partial charge in [-0.2, -0.15) is 0 Å². The fraction of sp³-hybridized carbons (Fsp3) is 0.350. The van der Waals surface area contributed by atoms with Crippen molar-refractivity contribution in [3.05, 3.63) is 55.2 Å². The number of fused-ring (bicyclic) bond motifs is 2. The van der Waals surface area contributed by atoms with E-state index in [-0.39, 0.29) is 29.1 Å². The van der Waals surface area contributed by atoms with Crippen LogP contribution in [0.15, 0.2) is 21.7 Å². The molecule has 0 bridgehead atoms. The Bertz CT molecular complexity index is 1180. The molecule has 29 heavy (non-hydrogen) atoms. The molecule has 0 spiro atoms. The normalized spacial score (nSPS) is 14.0.